The Bertz CT molecular complexity index is 1380. The molecule has 184 valence electrons. The number of aromatic nitrogens is 2. The molecule has 0 spiro atoms. The van der Waals surface area contributed by atoms with Crippen molar-refractivity contribution in [2.45, 2.75) is 19.0 Å². The molecule has 1 aliphatic rings. The molecule has 2 unspecified atom stereocenters. The lowest BCUT2D eigenvalue weighted by Gasteiger charge is -2.23. The van der Waals surface area contributed by atoms with Crippen LogP contribution in [0.15, 0.2) is 72.9 Å². The molecule has 0 radical (unpaired) electrons. The molecule has 5 rings (SSSR count). The van der Waals surface area contributed by atoms with Gasteiger partial charge in [0, 0.05) is 18.3 Å². The smallest absolute Gasteiger partial charge is 0.318 e. The van der Waals surface area contributed by atoms with Crippen LogP contribution in [0.4, 0.5) is 4.79 Å². The van der Waals surface area contributed by atoms with Gasteiger partial charge in [-0.05, 0) is 48.9 Å². The molecule has 1 aliphatic heterocycles. The first kappa shape index (κ1) is 23.4. The largest absolute Gasteiger partial charge is 0.493 e. The number of fused-ring (bicyclic) bond motifs is 1. The lowest BCUT2D eigenvalue weighted by atomic mass is 10.1. The van der Waals surface area contributed by atoms with E-state index in [0.29, 0.717) is 29.6 Å². The quantitative estimate of drug-likeness (QED) is 0.385. The minimum atomic E-state index is -0.165. The van der Waals surface area contributed by atoms with Crippen molar-refractivity contribution in [2.24, 2.45) is 0 Å². The summed E-state index contributed by atoms with van der Waals surface area (Å²) < 4.78 is 17.0. The van der Waals surface area contributed by atoms with Crippen LogP contribution in [-0.2, 0) is 0 Å². The van der Waals surface area contributed by atoms with Crippen molar-refractivity contribution >= 4 is 16.9 Å². The van der Waals surface area contributed by atoms with Crippen LogP contribution in [-0.4, -0.2) is 54.3 Å². The van der Waals surface area contributed by atoms with Crippen LogP contribution < -0.4 is 19.5 Å². The molecule has 3 heterocycles. The summed E-state index contributed by atoms with van der Waals surface area (Å²) >= 11 is 0. The van der Waals surface area contributed by atoms with Crippen molar-refractivity contribution in [2.75, 3.05) is 27.4 Å². The van der Waals surface area contributed by atoms with E-state index in [4.69, 9.17) is 19.2 Å². The number of ether oxygens (including phenoxy) is 3. The number of hydrogen-bond donors (Lipinski definition) is 1. The third-order valence-electron chi connectivity index (χ3n) is 6.42. The van der Waals surface area contributed by atoms with Gasteiger partial charge in [-0.2, -0.15) is 0 Å². The summed E-state index contributed by atoms with van der Waals surface area (Å²) in [6.07, 6.45) is 1.74. The van der Waals surface area contributed by atoms with Gasteiger partial charge in [0.2, 0.25) is 5.88 Å². The van der Waals surface area contributed by atoms with Crippen molar-refractivity contribution in [3.63, 3.8) is 0 Å². The van der Waals surface area contributed by atoms with Crippen LogP contribution in [0.5, 0.6) is 17.4 Å². The summed E-state index contributed by atoms with van der Waals surface area (Å²) in [6, 6.07) is 21.0. The number of pyridine rings is 2. The molecule has 1 saturated heterocycles. The monoisotopic (exact) mass is 484 g/mol. The van der Waals surface area contributed by atoms with E-state index >= 15 is 0 Å². The average Bonchev–Trinajstić information content (AvgIpc) is 3.31. The van der Waals surface area contributed by atoms with Crippen molar-refractivity contribution in [1.29, 1.82) is 0 Å². The third kappa shape index (κ3) is 4.62. The van der Waals surface area contributed by atoms with Crippen LogP contribution in [0.25, 0.3) is 22.2 Å². The zero-order valence-electron chi connectivity index (χ0n) is 20.5. The fraction of sp³-hybridized carbons (Fsp3) is 0.250. The second-order valence-corrected chi connectivity index (χ2v) is 8.65. The van der Waals surface area contributed by atoms with Crippen LogP contribution in [0, 0.1) is 0 Å². The second kappa shape index (κ2) is 10.1. The fourth-order valence-corrected chi connectivity index (χ4v) is 4.44. The van der Waals surface area contributed by atoms with Crippen LogP contribution >= 0.6 is 0 Å². The molecule has 1 N–H and O–H groups in total. The van der Waals surface area contributed by atoms with E-state index < -0.39 is 0 Å². The number of nitrogens with one attached hydrogen (secondary N) is 1. The Morgan fingerprint density at radius 2 is 1.83 bits per heavy atom. The second-order valence-electron chi connectivity index (χ2n) is 8.65. The summed E-state index contributed by atoms with van der Waals surface area (Å²) in [6.45, 7) is 2.86. The maximum Gasteiger partial charge on any atom is 0.318 e. The standard InChI is InChI=1S/C28H28N4O4/c1-18(19-8-5-4-6-9-19)32-16-21(30-28(32)33)17-36-27-22-10-7-13-29-24(22)15-23(31-27)20-11-12-25(34-2)26(14-20)35-3/h4-15,18,21H,16-17H2,1-3H3,(H,30,33). The summed E-state index contributed by atoms with van der Waals surface area (Å²) in [5, 5.41) is 3.84. The van der Waals surface area contributed by atoms with Crippen LogP contribution in [0.1, 0.15) is 18.5 Å². The number of benzene rings is 2. The minimum absolute atomic E-state index is 0.0345. The lowest BCUT2D eigenvalue weighted by Crippen LogP contribution is -2.32. The number of nitrogens with zero attached hydrogens (tertiary/aromatic N) is 3. The van der Waals surface area contributed by atoms with Gasteiger partial charge in [0.25, 0.3) is 0 Å². The third-order valence-corrected chi connectivity index (χ3v) is 6.42. The number of hydrogen-bond acceptors (Lipinski definition) is 6. The van der Waals surface area contributed by atoms with E-state index in [2.05, 4.69) is 10.3 Å². The number of carbonyl (C=O) groups is 1. The molecule has 2 aromatic heterocycles. The maximum atomic E-state index is 12.7. The number of methoxy groups -OCH3 is 2. The predicted molar refractivity (Wildman–Crippen MR) is 137 cm³/mol. The molecule has 2 atom stereocenters. The highest BCUT2D eigenvalue weighted by Crippen LogP contribution is 2.34. The summed E-state index contributed by atoms with van der Waals surface area (Å²) in [5.74, 6) is 1.72. The molecule has 0 saturated carbocycles. The highest BCUT2D eigenvalue weighted by Gasteiger charge is 2.33. The zero-order valence-corrected chi connectivity index (χ0v) is 20.5. The molecule has 8 heteroatoms. The number of carbonyl (C=O) groups excluding carboxylic acids is 1. The topological polar surface area (TPSA) is 85.8 Å². The van der Waals surface area contributed by atoms with Gasteiger partial charge in [-0.1, -0.05) is 30.3 Å². The number of urea groups is 1. The molecule has 36 heavy (non-hydrogen) atoms. The van der Waals surface area contributed by atoms with Gasteiger partial charge in [-0.15, -0.1) is 0 Å². The van der Waals surface area contributed by atoms with E-state index in [1.807, 2.05) is 78.6 Å². The molecule has 0 aliphatic carbocycles. The predicted octanol–water partition coefficient (Wildman–Crippen LogP) is 4.85. The number of amides is 2. The van der Waals surface area contributed by atoms with Gasteiger partial charge in [0.15, 0.2) is 11.5 Å². The molecule has 0 bridgehead atoms. The first-order chi connectivity index (χ1) is 17.6. The van der Waals surface area contributed by atoms with E-state index in [0.717, 1.165) is 22.0 Å². The molecule has 2 aromatic carbocycles. The molecule has 2 amide bonds. The summed E-state index contributed by atoms with van der Waals surface area (Å²) in [4.78, 5) is 23.8. The van der Waals surface area contributed by atoms with Gasteiger partial charge in [0.1, 0.15) is 6.61 Å². The van der Waals surface area contributed by atoms with Gasteiger partial charge < -0.3 is 24.4 Å². The van der Waals surface area contributed by atoms with Gasteiger partial charge in [-0.3, -0.25) is 4.98 Å². The molecular formula is C28H28N4O4. The zero-order chi connectivity index (χ0) is 25.1. The highest BCUT2D eigenvalue weighted by atomic mass is 16.5. The van der Waals surface area contributed by atoms with Crippen molar-refractivity contribution in [3.8, 4) is 28.6 Å². The molecule has 1 fully saturated rings. The van der Waals surface area contributed by atoms with Gasteiger partial charge >= 0.3 is 6.03 Å². The van der Waals surface area contributed by atoms with E-state index in [1.165, 1.54) is 0 Å². The Hall–Kier alpha value is -4.33. The lowest BCUT2D eigenvalue weighted by molar-refractivity contribution is 0.201. The average molecular weight is 485 g/mol. The Balaban J connectivity index is 1.37. The normalized spacial score (nSPS) is 16.0. The highest BCUT2D eigenvalue weighted by molar-refractivity contribution is 5.87. The van der Waals surface area contributed by atoms with Gasteiger partial charge in [0.05, 0.1) is 42.9 Å². The fourth-order valence-electron chi connectivity index (χ4n) is 4.44. The van der Waals surface area contributed by atoms with E-state index in [9.17, 15) is 4.79 Å². The maximum absolute atomic E-state index is 12.7. The molecule has 4 aromatic rings. The Labute approximate surface area is 209 Å². The Kier molecular flexibility index (Phi) is 6.58. The van der Waals surface area contributed by atoms with E-state index in [-0.39, 0.29) is 24.7 Å². The first-order valence-electron chi connectivity index (χ1n) is 11.8. The Morgan fingerprint density at radius 1 is 1.03 bits per heavy atom. The van der Waals surface area contributed by atoms with Crippen molar-refractivity contribution in [3.05, 3.63) is 78.5 Å². The Morgan fingerprint density at radius 3 is 2.61 bits per heavy atom. The summed E-state index contributed by atoms with van der Waals surface area (Å²) in [7, 11) is 3.20. The van der Waals surface area contributed by atoms with Crippen LogP contribution in [0.3, 0.4) is 0 Å². The molecular weight excluding hydrogens is 456 g/mol. The summed E-state index contributed by atoms with van der Waals surface area (Å²) in [5.41, 5.74) is 3.41. The molecule has 8 nitrogen and oxygen atoms in total. The SMILES string of the molecule is COc1ccc(-c2cc3ncccc3c(OCC3CN(C(C)c4ccccc4)C(=O)N3)n2)cc1OC. The van der Waals surface area contributed by atoms with Gasteiger partial charge in [-0.25, -0.2) is 9.78 Å². The van der Waals surface area contributed by atoms with Crippen molar-refractivity contribution < 1.29 is 19.0 Å². The minimum Gasteiger partial charge on any atom is -0.493 e. The van der Waals surface area contributed by atoms with Crippen LogP contribution in [0.2, 0.25) is 0 Å². The first-order valence-corrected chi connectivity index (χ1v) is 11.8. The number of rotatable bonds is 8. The van der Waals surface area contributed by atoms with E-state index in [1.54, 1.807) is 20.4 Å². The van der Waals surface area contributed by atoms with Crippen molar-refractivity contribution in [1.82, 2.24) is 20.2 Å².